The highest BCUT2D eigenvalue weighted by molar-refractivity contribution is 7.12. The van der Waals surface area contributed by atoms with E-state index in [2.05, 4.69) is 15.4 Å². The first kappa shape index (κ1) is 17.6. The van der Waals surface area contributed by atoms with Gasteiger partial charge in [0.05, 0.1) is 16.9 Å². The van der Waals surface area contributed by atoms with E-state index in [-0.39, 0.29) is 11.3 Å². The van der Waals surface area contributed by atoms with E-state index in [9.17, 15) is 14.9 Å². The van der Waals surface area contributed by atoms with E-state index in [0.29, 0.717) is 28.1 Å². The van der Waals surface area contributed by atoms with Gasteiger partial charge in [-0.15, -0.1) is 11.3 Å². The lowest BCUT2D eigenvalue weighted by Gasteiger charge is -2.07. The summed E-state index contributed by atoms with van der Waals surface area (Å²) in [5.41, 5.74) is 1.01. The third-order valence-electron chi connectivity index (χ3n) is 3.87. The molecular formula is C18H13N5O4S. The predicted octanol–water partition coefficient (Wildman–Crippen LogP) is 4.06. The lowest BCUT2D eigenvalue weighted by Crippen LogP contribution is -2.16. The van der Waals surface area contributed by atoms with E-state index in [4.69, 9.17) is 4.42 Å². The molecule has 3 heterocycles. The van der Waals surface area contributed by atoms with Crippen LogP contribution in [-0.2, 0) is 0 Å². The van der Waals surface area contributed by atoms with E-state index in [1.807, 2.05) is 5.38 Å². The lowest BCUT2D eigenvalue weighted by atomic mass is 10.1. The van der Waals surface area contributed by atoms with Crippen LogP contribution in [0, 0.1) is 17.0 Å². The molecule has 140 valence electrons. The molecular weight excluding hydrogens is 382 g/mol. The number of carbonyl (C=O) groups is 1. The molecule has 0 bridgehead atoms. The Hall–Kier alpha value is -3.79. The van der Waals surface area contributed by atoms with Gasteiger partial charge in [-0.3, -0.25) is 14.9 Å². The van der Waals surface area contributed by atoms with Crippen LogP contribution < -0.4 is 5.32 Å². The van der Waals surface area contributed by atoms with Crippen LogP contribution >= 0.6 is 11.3 Å². The quantitative estimate of drug-likeness (QED) is 0.402. The molecule has 1 N–H and O–H groups in total. The molecule has 28 heavy (non-hydrogen) atoms. The summed E-state index contributed by atoms with van der Waals surface area (Å²) in [6.07, 6.45) is 1.56. The summed E-state index contributed by atoms with van der Waals surface area (Å²) >= 11 is 1.33. The van der Waals surface area contributed by atoms with Gasteiger partial charge in [0.25, 0.3) is 11.6 Å². The topological polar surface area (TPSA) is 116 Å². The zero-order chi connectivity index (χ0) is 19.7. The molecule has 0 fully saturated rings. The maximum absolute atomic E-state index is 12.6. The van der Waals surface area contributed by atoms with E-state index in [1.165, 1.54) is 34.2 Å². The van der Waals surface area contributed by atoms with Gasteiger partial charge in [0.1, 0.15) is 17.1 Å². The summed E-state index contributed by atoms with van der Waals surface area (Å²) < 4.78 is 6.83. The van der Waals surface area contributed by atoms with Crippen molar-refractivity contribution in [1.82, 2.24) is 14.8 Å². The second-order valence-electron chi connectivity index (χ2n) is 5.80. The van der Waals surface area contributed by atoms with Crippen molar-refractivity contribution in [2.24, 2.45) is 0 Å². The van der Waals surface area contributed by atoms with Crippen molar-refractivity contribution < 1.29 is 14.1 Å². The number of benzene rings is 1. The number of aryl methyl sites for hydroxylation is 1. The monoisotopic (exact) mass is 395 g/mol. The number of furan rings is 1. The Morgan fingerprint density at radius 2 is 2.11 bits per heavy atom. The molecule has 0 aliphatic carbocycles. The number of hydrogen-bond acceptors (Lipinski definition) is 7. The van der Waals surface area contributed by atoms with Crippen molar-refractivity contribution in [2.75, 3.05) is 5.32 Å². The molecule has 0 saturated carbocycles. The van der Waals surface area contributed by atoms with Crippen LogP contribution in [0.2, 0.25) is 0 Å². The Bertz CT molecular complexity index is 1160. The molecule has 0 aliphatic heterocycles. The molecule has 9 nitrogen and oxygen atoms in total. The number of anilines is 1. The molecule has 4 aromatic rings. The minimum Gasteiger partial charge on any atom is -0.463 e. The fraction of sp³-hybridized carbons (Fsp3) is 0.0556. The number of nitro groups is 1. The van der Waals surface area contributed by atoms with Gasteiger partial charge in [0, 0.05) is 17.5 Å². The van der Waals surface area contributed by atoms with Gasteiger partial charge in [-0.25, -0.2) is 4.98 Å². The Labute approximate surface area is 162 Å². The maximum Gasteiger partial charge on any atom is 0.282 e. The van der Waals surface area contributed by atoms with Crippen LogP contribution in [0.25, 0.3) is 16.6 Å². The standard InChI is InChI=1S/C18H13N5O4S/c1-11-9-16(20-17(24)12-5-2-3-6-14(12)23(25)26)22(21-11)18-19-13(10-28-18)15-7-4-8-27-15/h2-10H,1H3,(H,20,24). The van der Waals surface area contributed by atoms with Crippen LogP contribution in [0.3, 0.4) is 0 Å². The van der Waals surface area contributed by atoms with Crippen LogP contribution in [0.1, 0.15) is 16.1 Å². The average molecular weight is 395 g/mol. The fourth-order valence-corrected chi connectivity index (χ4v) is 3.42. The minimum absolute atomic E-state index is 0.0340. The van der Waals surface area contributed by atoms with Gasteiger partial charge in [0.2, 0.25) is 5.13 Å². The van der Waals surface area contributed by atoms with Crippen LogP contribution in [0.5, 0.6) is 0 Å². The normalized spacial score (nSPS) is 10.8. The summed E-state index contributed by atoms with van der Waals surface area (Å²) in [6, 6.07) is 11.0. The SMILES string of the molecule is Cc1cc(NC(=O)c2ccccc2[N+](=O)[O-])n(-c2nc(-c3ccco3)cs2)n1. The number of para-hydroxylation sites is 1. The number of thiazole rings is 1. The molecule has 0 atom stereocenters. The largest absolute Gasteiger partial charge is 0.463 e. The van der Waals surface area contributed by atoms with Crippen LogP contribution in [0.4, 0.5) is 11.5 Å². The Balaban J connectivity index is 1.66. The molecule has 0 radical (unpaired) electrons. The van der Waals surface area contributed by atoms with Crippen LogP contribution in [0.15, 0.2) is 58.5 Å². The van der Waals surface area contributed by atoms with Gasteiger partial charge in [0.15, 0.2) is 5.76 Å². The lowest BCUT2D eigenvalue weighted by molar-refractivity contribution is -0.385. The Morgan fingerprint density at radius 1 is 1.29 bits per heavy atom. The van der Waals surface area contributed by atoms with Gasteiger partial charge < -0.3 is 9.73 Å². The van der Waals surface area contributed by atoms with Crippen molar-refractivity contribution in [3.05, 3.63) is 75.5 Å². The first-order valence-corrected chi connectivity index (χ1v) is 9.02. The minimum atomic E-state index is -0.601. The second kappa shape index (κ2) is 7.08. The zero-order valence-electron chi connectivity index (χ0n) is 14.5. The molecule has 1 amide bonds. The smallest absolute Gasteiger partial charge is 0.282 e. The van der Waals surface area contributed by atoms with Crippen molar-refractivity contribution in [2.45, 2.75) is 6.92 Å². The third-order valence-corrected chi connectivity index (χ3v) is 4.68. The molecule has 0 spiro atoms. The van der Waals surface area contributed by atoms with Gasteiger partial charge in [-0.2, -0.15) is 9.78 Å². The van der Waals surface area contributed by atoms with E-state index in [1.54, 1.807) is 37.5 Å². The van der Waals surface area contributed by atoms with Crippen molar-refractivity contribution in [1.29, 1.82) is 0 Å². The molecule has 0 saturated heterocycles. The zero-order valence-corrected chi connectivity index (χ0v) is 15.3. The number of nitro benzene ring substituents is 1. The highest BCUT2D eigenvalue weighted by Crippen LogP contribution is 2.27. The molecule has 0 aliphatic rings. The van der Waals surface area contributed by atoms with Crippen molar-refractivity contribution in [3.63, 3.8) is 0 Å². The van der Waals surface area contributed by atoms with Gasteiger partial charge in [-0.05, 0) is 25.1 Å². The number of amides is 1. The molecule has 10 heteroatoms. The summed E-state index contributed by atoms with van der Waals surface area (Å²) in [4.78, 5) is 27.7. The summed E-state index contributed by atoms with van der Waals surface area (Å²) in [5.74, 6) is 0.383. The summed E-state index contributed by atoms with van der Waals surface area (Å²) in [7, 11) is 0. The molecule has 0 unspecified atom stereocenters. The number of hydrogen-bond donors (Lipinski definition) is 1. The van der Waals surface area contributed by atoms with E-state index < -0.39 is 10.8 Å². The van der Waals surface area contributed by atoms with Crippen molar-refractivity contribution >= 4 is 28.7 Å². The number of rotatable bonds is 5. The summed E-state index contributed by atoms with van der Waals surface area (Å²) in [6.45, 7) is 1.78. The first-order chi connectivity index (χ1) is 13.5. The molecule has 1 aromatic carbocycles. The van der Waals surface area contributed by atoms with E-state index in [0.717, 1.165) is 0 Å². The second-order valence-corrected chi connectivity index (χ2v) is 6.64. The maximum atomic E-state index is 12.6. The highest BCUT2D eigenvalue weighted by atomic mass is 32.1. The highest BCUT2D eigenvalue weighted by Gasteiger charge is 2.21. The molecule has 4 rings (SSSR count). The number of nitrogens with one attached hydrogen (secondary N) is 1. The number of nitrogens with zero attached hydrogens (tertiary/aromatic N) is 4. The summed E-state index contributed by atoms with van der Waals surface area (Å²) in [5, 5.41) is 20.6. The Kier molecular flexibility index (Phi) is 4.45. The third kappa shape index (κ3) is 3.28. The average Bonchev–Trinajstić information content (AvgIpc) is 3.42. The predicted molar refractivity (Wildman–Crippen MR) is 103 cm³/mol. The molecule has 3 aromatic heterocycles. The van der Waals surface area contributed by atoms with Gasteiger partial charge in [-0.1, -0.05) is 12.1 Å². The van der Waals surface area contributed by atoms with Crippen LogP contribution in [-0.4, -0.2) is 25.6 Å². The fourth-order valence-electron chi connectivity index (χ4n) is 2.64. The van der Waals surface area contributed by atoms with E-state index >= 15 is 0 Å². The first-order valence-electron chi connectivity index (χ1n) is 8.14. The Morgan fingerprint density at radius 3 is 2.86 bits per heavy atom. The van der Waals surface area contributed by atoms with Crippen molar-refractivity contribution in [3.8, 4) is 16.6 Å². The number of aromatic nitrogens is 3. The number of carbonyl (C=O) groups excluding carboxylic acids is 1. The van der Waals surface area contributed by atoms with Gasteiger partial charge >= 0.3 is 0 Å².